The zero-order chi connectivity index (χ0) is 13.8. The summed E-state index contributed by atoms with van der Waals surface area (Å²) in [5.74, 6) is -0.527. The zero-order valence-corrected chi connectivity index (χ0v) is 10.1. The summed E-state index contributed by atoms with van der Waals surface area (Å²) in [5.41, 5.74) is 7.69. The molecule has 0 aliphatic rings. The van der Waals surface area contributed by atoms with Gasteiger partial charge >= 0.3 is 5.76 Å². The summed E-state index contributed by atoms with van der Waals surface area (Å²) in [6, 6.07) is 4.74. The van der Waals surface area contributed by atoms with Crippen LogP contribution in [-0.2, 0) is 4.74 Å². The van der Waals surface area contributed by atoms with Crippen LogP contribution in [0, 0.1) is 0 Å². The first-order valence-electron chi connectivity index (χ1n) is 5.80. The fraction of sp³-hybridized carbons (Fsp3) is 0.417. The lowest BCUT2D eigenvalue weighted by atomic mass is 10.0. The minimum absolute atomic E-state index is 0.153. The third-order valence-electron chi connectivity index (χ3n) is 2.69. The average Bonchev–Trinajstić information content (AvgIpc) is 2.73. The number of nitrogens with one attached hydrogen (secondary N) is 1. The molecule has 1 unspecified atom stereocenters. The molecule has 0 radical (unpaired) electrons. The Morgan fingerprint density at radius 3 is 2.95 bits per heavy atom. The molecule has 0 amide bonds. The Kier molecular flexibility index (Phi) is 4.28. The van der Waals surface area contributed by atoms with E-state index in [2.05, 4.69) is 4.98 Å². The second-order valence-electron chi connectivity index (χ2n) is 4.13. The molecular formula is C12H14F2N2O3. The van der Waals surface area contributed by atoms with Gasteiger partial charge < -0.3 is 14.9 Å². The van der Waals surface area contributed by atoms with Crippen molar-refractivity contribution in [2.24, 2.45) is 5.73 Å². The van der Waals surface area contributed by atoms with Crippen molar-refractivity contribution in [2.45, 2.75) is 18.9 Å². The normalized spacial score (nSPS) is 13.3. The van der Waals surface area contributed by atoms with Crippen LogP contribution in [0.2, 0.25) is 0 Å². The third-order valence-corrected chi connectivity index (χ3v) is 2.69. The second-order valence-corrected chi connectivity index (χ2v) is 4.13. The van der Waals surface area contributed by atoms with Crippen LogP contribution in [0.1, 0.15) is 18.0 Å². The van der Waals surface area contributed by atoms with Gasteiger partial charge in [-0.2, -0.15) is 0 Å². The number of rotatable bonds is 6. The van der Waals surface area contributed by atoms with Gasteiger partial charge in [0.05, 0.1) is 5.52 Å². The Balaban J connectivity index is 1.96. The fourth-order valence-electron chi connectivity index (χ4n) is 1.74. The molecule has 3 N–H and O–H groups in total. The summed E-state index contributed by atoms with van der Waals surface area (Å²) in [7, 11) is 0. The highest BCUT2D eigenvalue weighted by Crippen LogP contribution is 2.19. The van der Waals surface area contributed by atoms with E-state index in [1.807, 2.05) is 0 Å². The van der Waals surface area contributed by atoms with Crippen LogP contribution in [0.25, 0.3) is 11.1 Å². The molecule has 0 fully saturated rings. The summed E-state index contributed by atoms with van der Waals surface area (Å²) in [6.07, 6.45) is -2.06. The van der Waals surface area contributed by atoms with Crippen LogP contribution in [0.5, 0.6) is 0 Å². The number of ether oxygens (including phenoxy) is 1. The van der Waals surface area contributed by atoms with Gasteiger partial charge in [-0.1, -0.05) is 6.07 Å². The van der Waals surface area contributed by atoms with Crippen molar-refractivity contribution in [1.29, 1.82) is 0 Å². The van der Waals surface area contributed by atoms with E-state index in [0.717, 1.165) is 5.56 Å². The van der Waals surface area contributed by atoms with Crippen molar-refractivity contribution < 1.29 is 17.9 Å². The summed E-state index contributed by atoms with van der Waals surface area (Å²) >= 11 is 0. The van der Waals surface area contributed by atoms with Gasteiger partial charge in [0.2, 0.25) is 0 Å². The lowest BCUT2D eigenvalue weighted by molar-refractivity contribution is 0.0152. The van der Waals surface area contributed by atoms with Crippen molar-refractivity contribution in [1.82, 2.24) is 4.98 Å². The van der Waals surface area contributed by atoms with Gasteiger partial charge in [0.15, 0.2) is 5.58 Å². The molecule has 1 aromatic heterocycles. The summed E-state index contributed by atoms with van der Waals surface area (Å²) < 4.78 is 33.4. The molecule has 0 bridgehead atoms. The van der Waals surface area contributed by atoms with E-state index in [1.165, 1.54) is 0 Å². The van der Waals surface area contributed by atoms with Gasteiger partial charge in [-0.3, -0.25) is 4.98 Å². The van der Waals surface area contributed by atoms with Crippen LogP contribution in [0.15, 0.2) is 27.4 Å². The maximum absolute atomic E-state index is 11.9. The molecule has 7 heteroatoms. The largest absolute Gasteiger partial charge is 0.417 e. The van der Waals surface area contributed by atoms with Crippen molar-refractivity contribution >= 4 is 11.1 Å². The minimum Gasteiger partial charge on any atom is -0.408 e. The number of H-pyrrole nitrogens is 1. The Hall–Kier alpha value is -1.73. The SMILES string of the molecule is NC(CCOCC(F)F)c1ccc2[nH]c(=O)oc2c1. The van der Waals surface area contributed by atoms with Crippen molar-refractivity contribution in [2.75, 3.05) is 13.2 Å². The molecule has 104 valence electrons. The number of halogens is 2. The number of alkyl halides is 2. The van der Waals surface area contributed by atoms with Gasteiger partial charge in [-0.05, 0) is 24.1 Å². The van der Waals surface area contributed by atoms with Gasteiger partial charge in [0, 0.05) is 12.6 Å². The second kappa shape index (κ2) is 5.94. The predicted molar refractivity (Wildman–Crippen MR) is 65.2 cm³/mol. The van der Waals surface area contributed by atoms with Crippen molar-refractivity contribution in [3.8, 4) is 0 Å². The highest BCUT2D eigenvalue weighted by Gasteiger charge is 2.10. The van der Waals surface area contributed by atoms with Crippen LogP contribution in [0.3, 0.4) is 0 Å². The molecule has 2 rings (SSSR count). The Labute approximate surface area is 107 Å². The van der Waals surface area contributed by atoms with E-state index in [0.29, 0.717) is 17.5 Å². The number of hydrogen-bond acceptors (Lipinski definition) is 4. The molecule has 2 aromatic rings. The number of benzene rings is 1. The summed E-state index contributed by atoms with van der Waals surface area (Å²) in [4.78, 5) is 13.5. The van der Waals surface area contributed by atoms with Crippen LogP contribution in [0.4, 0.5) is 8.78 Å². The van der Waals surface area contributed by atoms with Gasteiger partial charge in [0.1, 0.15) is 6.61 Å². The van der Waals surface area contributed by atoms with Gasteiger partial charge in [-0.25, -0.2) is 13.6 Å². The molecule has 0 aliphatic carbocycles. The van der Waals surface area contributed by atoms with E-state index >= 15 is 0 Å². The molecule has 1 atom stereocenters. The first kappa shape index (κ1) is 13.7. The van der Waals surface area contributed by atoms with E-state index in [-0.39, 0.29) is 12.6 Å². The highest BCUT2D eigenvalue weighted by molar-refractivity contribution is 5.72. The maximum atomic E-state index is 11.9. The van der Waals surface area contributed by atoms with Crippen molar-refractivity contribution in [3.63, 3.8) is 0 Å². The highest BCUT2D eigenvalue weighted by atomic mass is 19.3. The number of nitrogens with two attached hydrogens (primary N) is 1. The molecule has 0 saturated carbocycles. The molecule has 0 aliphatic heterocycles. The Morgan fingerprint density at radius 1 is 1.42 bits per heavy atom. The molecule has 19 heavy (non-hydrogen) atoms. The number of aromatic nitrogens is 1. The van der Waals surface area contributed by atoms with Crippen molar-refractivity contribution in [3.05, 3.63) is 34.3 Å². The zero-order valence-electron chi connectivity index (χ0n) is 10.1. The summed E-state index contributed by atoms with van der Waals surface area (Å²) in [6.45, 7) is -0.431. The fourth-order valence-corrected chi connectivity index (χ4v) is 1.74. The van der Waals surface area contributed by atoms with E-state index in [4.69, 9.17) is 14.9 Å². The first-order chi connectivity index (χ1) is 9.06. The number of hydrogen-bond donors (Lipinski definition) is 2. The molecule has 1 heterocycles. The molecule has 0 saturated heterocycles. The van der Waals surface area contributed by atoms with Gasteiger partial charge in [0.25, 0.3) is 6.43 Å². The smallest absolute Gasteiger partial charge is 0.408 e. The topological polar surface area (TPSA) is 81.2 Å². The van der Waals surface area contributed by atoms with Crippen LogP contribution in [-0.4, -0.2) is 24.6 Å². The lowest BCUT2D eigenvalue weighted by Gasteiger charge is -2.12. The maximum Gasteiger partial charge on any atom is 0.417 e. The third kappa shape index (κ3) is 3.62. The predicted octanol–water partition coefficient (Wildman–Crippen LogP) is 1.79. The lowest BCUT2D eigenvalue weighted by Crippen LogP contribution is -2.14. The minimum atomic E-state index is -2.47. The van der Waals surface area contributed by atoms with Crippen LogP contribution >= 0.6 is 0 Å². The molecule has 0 spiro atoms. The molecule has 1 aromatic carbocycles. The molecular weight excluding hydrogens is 258 g/mol. The van der Waals surface area contributed by atoms with Crippen LogP contribution < -0.4 is 11.5 Å². The Bertz CT molecular complexity index is 594. The monoisotopic (exact) mass is 272 g/mol. The first-order valence-corrected chi connectivity index (χ1v) is 5.80. The van der Waals surface area contributed by atoms with E-state index < -0.39 is 18.8 Å². The van der Waals surface area contributed by atoms with E-state index in [1.54, 1.807) is 18.2 Å². The average molecular weight is 272 g/mol. The van der Waals surface area contributed by atoms with Gasteiger partial charge in [-0.15, -0.1) is 0 Å². The Morgan fingerprint density at radius 2 is 2.21 bits per heavy atom. The standard InChI is InChI=1S/C12H14F2N2O3/c13-11(14)6-18-4-3-8(15)7-1-2-9-10(5-7)19-12(17)16-9/h1-2,5,8,11H,3-4,6,15H2,(H,16,17). The number of fused-ring (bicyclic) bond motifs is 1. The summed E-state index contributed by atoms with van der Waals surface area (Å²) in [5, 5.41) is 0. The number of aromatic amines is 1. The molecule has 5 nitrogen and oxygen atoms in total. The quantitative estimate of drug-likeness (QED) is 0.785. The van der Waals surface area contributed by atoms with E-state index in [9.17, 15) is 13.6 Å². The number of oxazole rings is 1.